The van der Waals surface area contributed by atoms with E-state index in [0.29, 0.717) is 37.7 Å². The van der Waals surface area contributed by atoms with Crippen LogP contribution < -0.4 is 14.8 Å². The molecular weight excluding hydrogens is 356 g/mol. The van der Waals surface area contributed by atoms with Crippen molar-refractivity contribution in [1.82, 2.24) is 10.2 Å². The Morgan fingerprint density at radius 3 is 2.43 bits per heavy atom. The van der Waals surface area contributed by atoms with Gasteiger partial charge < -0.3 is 19.7 Å². The highest BCUT2D eigenvalue weighted by Crippen LogP contribution is 2.31. The Bertz CT molecular complexity index is 675. The number of amides is 2. The minimum Gasteiger partial charge on any atom is -0.490 e. The van der Waals surface area contributed by atoms with Crippen molar-refractivity contribution in [2.45, 2.75) is 66.0 Å². The van der Waals surface area contributed by atoms with Crippen LogP contribution in [0.5, 0.6) is 11.5 Å². The fourth-order valence-corrected chi connectivity index (χ4v) is 3.53. The first-order valence-corrected chi connectivity index (χ1v) is 10.4. The van der Waals surface area contributed by atoms with Crippen LogP contribution in [0.25, 0.3) is 0 Å². The Kier molecular flexibility index (Phi) is 8.15. The van der Waals surface area contributed by atoms with Gasteiger partial charge in [0.15, 0.2) is 11.5 Å². The molecule has 0 aliphatic carbocycles. The van der Waals surface area contributed by atoms with Crippen LogP contribution in [0.3, 0.4) is 0 Å². The van der Waals surface area contributed by atoms with E-state index in [1.807, 2.05) is 52.8 Å². The summed E-state index contributed by atoms with van der Waals surface area (Å²) in [5.74, 6) is 1.23. The Morgan fingerprint density at radius 1 is 1.11 bits per heavy atom. The second-order valence-corrected chi connectivity index (χ2v) is 7.50. The highest BCUT2D eigenvalue weighted by molar-refractivity contribution is 5.88. The molecule has 28 heavy (non-hydrogen) atoms. The molecule has 1 heterocycles. The fraction of sp³-hybridized carbons (Fsp3) is 0.636. The van der Waals surface area contributed by atoms with Crippen molar-refractivity contribution in [1.29, 1.82) is 0 Å². The Labute approximate surface area is 168 Å². The Balaban J connectivity index is 2.12. The van der Waals surface area contributed by atoms with Crippen molar-refractivity contribution in [2.24, 2.45) is 5.92 Å². The first kappa shape index (κ1) is 22.1. The number of nitrogens with one attached hydrogen (secondary N) is 1. The molecule has 0 bridgehead atoms. The molecule has 1 fully saturated rings. The molecule has 1 aromatic rings. The van der Waals surface area contributed by atoms with E-state index < -0.39 is 0 Å². The number of ether oxygens (including phenoxy) is 2. The van der Waals surface area contributed by atoms with Gasteiger partial charge in [-0.15, -0.1) is 0 Å². The molecule has 6 heteroatoms. The van der Waals surface area contributed by atoms with Gasteiger partial charge in [-0.3, -0.25) is 9.59 Å². The first-order chi connectivity index (χ1) is 13.4. The van der Waals surface area contributed by atoms with Crippen molar-refractivity contribution >= 4 is 11.8 Å². The fourth-order valence-electron chi connectivity index (χ4n) is 3.53. The van der Waals surface area contributed by atoms with Gasteiger partial charge in [-0.05, 0) is 57.7 Å². The maximum absolute atomic E-state index is 12.9. The normalized spacial score (nSPS) is 17.9. The number of nitrogens with zero attached hydrogens (tertiary/aromatic N) is 1. The number of carbonyl (C=O) groups excluding carboxylic acids is 2. The van der Waals surface area contributed by atoms with Crippen molar-refractivity contribution in [3.8, 4) is 11.5 Å². The molecule has 1 N–H and O–H groups in total. The summed E-state index contributed by atoms with van der Waals surface area (Å²) in [6, 6.07) is 5.15. The molecule has 156 valence electrons. The van der Waals surface area contributed by atoms with E-state index in [1.54, 1.807) is 4.90 Å². The van der Waals surface area contributed by atoms with E-state index in [2.05, 4.69) is 5.32 Å². The lowest BCUT2D eigenvalue weighted by Gasteiger charge is -2.36. The number of hydrogen-bond acceptors (Lipinski definition) is 4. The highest BCUT2D eigenvalue weighted by Gasteiger charge is 2.33. The lowest BCUT2D eigenvalue weighted by molar-refractivity contribution is -0.144. The van der Waals surface area contributed by atoms with Crippen LogP contribution in [0.15, 0.2) is 18.2 Å². The summed E-state index contributed by atoms with van der Waals surface area (Å²) in [5, 5.41) is 3.08. The van der Waals surface area contributed by atoms with E-state index in [0.717, 1.165) is 18.4 Å². The van der Waals surface area contributed by atoms with Gasteiger partial charge in [0.1, 0.15) is 6.04 Å². The molecule has 1 aliphatic rings. The molecule has 0 saturated carbocycles. The molecule has 1 aliphatic heterocycles. The van der Waals surface area contributed by atoms with Crippen LogP contribution in [-0.2, 0) is 9.59 Å². The molecule has 0 unspecified atom stereocenters. The van der Waals surface area contributed by atoms with Gasteiger partial charge in [0.05, 0.1) is 19.3 Å². The third-order valence-electron chi connectivity index (χ3n) is 5.01. The maximum Gasteiger partial charge on any atom is 0.243 e. The van der Waals surface area contributed by atoms with E-state index in [9.17, 15) is 9.59 Å². The molecule has 0 spiro atoms. The minimum absolute atomic E-state index is 0.0483. The van der Waals surface area contributed by atoms with Crippen molar-refractivity contribution in [3.05, 3.63) is 23.8 Å². The predicted molar refractivity (Wildman–Crippen MR) is 110 cm³/mol. The average Bonchev–Trinajstić information content (AvgIpc) is 2.68. The number of piperidine rings is 1. The molecule has 2 rings (SSSR count). The van der Waals surface area contributed by atoms with Gasteiger partial charge in [0.2, 0.25) is 11.8 Å². The minimum atomic E-state index is -0.389. The second kappa shape index (κ2) is 10.3. The summed E-state index contributed by atoms with van der Waals surface area (Å²) in [6.07, 6.45) is 2.63. The van der Waals surface area contributed by atoms with Gasteiger partial charge in [-0.2, -0.15) is 0 Å². The first-order valence-electron chi connectivity index (χ1n) is 10.4. The number of rotatable bonds is 8. The van der Waals surface area contributed by atoms with Crippen molar-refractivity contribution < 1.29 is 19.1 Å². The van der Waals surface area contributed by atoms with Crippen LogP contribution in [0.2, 0.25) is 0 Å². The maximum atomic E-state index is 12.9. The lowest BCUT2D eigenvalue weighted by atomic mass is 9.98. The standard InChI is InChI=1S/C22H34N2O4/c1-6-27-19-12-11-17(14-20(19)28-7-2)16(5)23-21(25)18-10-8-9-13-24(18)22(26)15(3)4/h11-12,14-16,18H,6-10,13H2,1-5H3,(H,23,25)/t16-,18-/m0/s1. The van der Waals surface area contributed by atoms with Gasteiger partial charge >= 0.3 is 0 Å². The SMILES string of the molecule is CCOc1ccc([C@H](C)NC(=O)[C@@H]2CCCCN2C(=O)C(C)C)cc1OCC. The third-order valence-corrected chi connectivity index (χ3v) is 5.01. The number of carbonyl (C=O) groups is 2. The molecular formula is C22H34N2O4. The van der Waals surface area contributed by atoms with Gasteiger partial charge in [-0.1, -0.05) is 19.9 Å². The van der Waals surface area contributed by atoms with Gasteiger partial charge in [0.25, 0.3) is 0 Å². The number of hydrogen-bond donors (Lipinski definition) is 1. The van der Waals surface area contributed by atoms with Crippen LogP contribution in [0.4, 0.5) is 0 Å². The van der Waals surface area contributed by atoms with E-state index in [4.69, 9.17) is 9.47 Å². The summed E-state index contributed by atoms with van der Waals surface area (Å²) in [5.41, 5.74) is 0.942. The summed E-state index contributed by atoms with van der Waals surface area (Å²) in [4.78, 5) is 27.2. The molecule has 1 saturated heterocycles. The third kappa shape index (κ3) is 5.40. The van der Waals surface area contributed by atoms with Crippen LogP contribution in [0, 0.1) is 5.92 Å². The van der Waals surface area contributed by atoms with Gasteiger partial charge in [-0.25, -0.2) is 0 Å². The zero-order chi connectivity index (χ0) is 20.7. The van der Waals surface area contributed by atoms with E-state index in [-0.39, 0.29) is 29.8 Å². The predicted octanol–water partition coefficient (Wildman–Crippen LogP) is 3.70. The lowest BCUT2D eigenvalue weighted by Crippen LogP contribution is -2.53. The largest absolute Gasteiger partial charge is 0.490 e. The number of likely N-dealkylation sites (tertiary alicyclic amines) is 1. The second-order valence-electron chi connectivity index (χ2n) is 7.50. The van der Waals surface area contributed by atoms with E-state index in [1.165, 1.54) is 0 Å². The summed E-state index contributed by atoms with van der Waals surface area (Å²) in [6.45, 7) is 11.3. The summed E-state index contributed by atoms with van der Waals surface area (Å²) < 4.78 is 11.3. The highest BCUT2D eigenvalue weighted by atomic mass is 16.5. The Hall–Kier alpha value is -2.24. The van der Waals surface area contributed by atoms with Crippen LogP contribution in [-0.4, -0.2) is 42.5 Å². The number of benzene rings is 1. The van der Waals surface area contributed by atoms with Crippen LogP contribution >= 0.6 is 0 Å². The monoisotopic (exact) mass is 390 g/mol. The Morgan fingerprint density at radius 2 is 1.79 bits per heavy atom. The van der Waals surface area contributed by atoms with E-state index >= 15 is 0 Å². The summed E-state index contributed by atoms with van der Waals surface area (Å²) in [7, 11) is 0. The summed E-state index contributed by atoms with van der Waals surface area (Å²) >= 11 is 0. The van der Waals surface area contributed by atoms with Crippen LogP contribution in [0.1, 0.15) is 65.5 Å². The zero-order valence-electron chi connectivity index (χ0n) is 17.8. The molecule has 0 aromatic heterocycles. The molecule has 0 radical (unpaired) electrons. The quantitative estimate of drug-likeness (QED) is 0.735. The molecule has 6 nitrogen and oxygen atoms in total. The zero-order valence-corrected chi connectivity index (χ0v) is 17.8. The molecule has 2 amide bonds. The van der Waals surface area contributed by atoms with Crippen molar-refractivity contribution in [2.75, 3.05) is 19.8 Å². The molecule has 2 atom stereocenters. The smallest absolute Gasteiger partial charge is 0.243 e. The van der Waals surface area contributed by atoms with Crippen molar-refractivity contribution in [3.63, 3.8) is 0 Å². The topological polar surface area (TPSA) is 67.9 Å². The average molecular weight is 391 g/mol. The molecule has 1 aromatic carbocycles. The van der Waals surface area contributed by atoms with Gasteiger partial charge in [0, 0.05) is 12.5 Å².